The van der Waals surface area contributed by atoms with E-state index in [2.05, 4.69) is 24.1 Å². The highest BCUT2D eigenvalue weighted by atomic mass is 32.2. The maximum atomic E-state index is 12.4. The predicted molar refractivity (Wildman–Crippen MR) is 121 cm³/mol. The van der Waals surface area contributed by atoms with Crippen molar-refractivity contribution in [2.24, 2.45) is 5.14 Å². The van der Waals surface area contributed by atoms with Crippen LogP contribution in [0.25, 0.3) is 0 Å². The summed E-state index contributed by atoms with van der Waals surface area (Å²) in [6.45, 7) is 6.98. The van der Waals surface area contributed by atoms with Gasteiger partial charge in [-0.05, 0) is 75.1 Å². The molecule has 0 bridgehead atoms. The molecule has 3 rings (SSSR count). The molecule has 0 unspecified atom stereocenters. The number of piperidine rings is 1. The lowest BCUT2D eigenvalue weighted by atomic mass is 10.1. The van der Waals surface area contributed by atoms with E-state index in [1.54, 1.807) is 24.3 Å². The number of nitrogens with two attached hydrogens (primary N) is 1. The Morgan fingerprint density at radius 1 is 1.10 bits per heavy atom. The minimum absolute atomic E-state index is 0.0769. The molecule has 168 valence electrons. The normalized spacial score (nSPS) is 15.7. The fourth-order valence-electron chi connectivity index (χ4n) is 3.66. The van der Waals surface area contributed by atoms with Crippen LogP contribution in [-0.4, -0.2) is 51.0 Å². The van der Waals surface area contributed by atoms with Crippen molar-refractivity contribution in [3.05, 3.63) is 59.7 Å². The lowest BCUT2D eigenvalue weighted by molar-refractivity contribution is 0.0843. The van der Waals surface area contributed by atoms with E-state index in [0.29, 0.717) is 24.6 Å². The van der Waals surface area contributed by atoms with Gasteiger partial charge in [-0.25, -0.2) is 13.6 Å². The standard InChI is InChI=1S/C23H31N3O4S/c1-17(2)26-15-12-21(13-16-26)30-20-7-5-19(6-8-20)23(27)25-14-11-18-3-9-22(10-4-18)31(24,28)29/h3-10,17,21H,11-16H2,1-2H3,(H,25,27)(H2,24,28,29). The molecule has 0 radical (unpaired) electrons. The third-order valence-corrected chi connectivity index (χ3v) is 6.51. The van der Waals surface area contributed by atoms with Crippen molar-refractivity contribution >= 4 is 15.9 Å². The molecule has 0 aliphatic carbocycles. The minimum atomic E-state index is -3.69. The number of sulfonamides is 1. The van der Waals surface area contributed by atoms with Crippen molar-refractivity contribution in [2.45, 2.75) is 50.2 Å². The molecule has 7 nitrogen and oxygen atoms in total. The number of nitrogens with one attached hydrogen (secondary N) is 1. The topological polar surface area (TPSA) is 102 Å². The maximum absolute atomic E-state index is 12.4. The molecular formula is C23H31N3O4S. The van der Waals surface area contributed by atoms with Gasteiger partial charge in [-0.15, -0.1) is 0 Å². The number of amides is 1. The Balaban J connectivity index is 1.44. The molecule has 1 amide bonds. The van der Waals surface area contributed by atoms with Gasteiger partial charge in [0, 0.05) is 31.2 Å². The van der Waals surface area contributed by atoms with E-state index in [1.807, 2.05) is 12.1 Å². The molecule has 0 saturated carbocycles. The zero-order valence-electron chi connectivity index (χ0n) is 18.1. The van der Waals surface area contributed by atoms with Gasteiger partial charge < -0.3 is 15.0 Å². The summed E-state index contributed by atoms with van der Waals surface area (Å²) >= 11 is 0. The zero-order chi connectivity index (χ0) is 22.4. The van der Waals surface area contributed by atoms with Gasteiger partial charge in [0.05, 0.1) is 4.90 Å². The van der Waals surface area contributed by atoms with Crippen LogP contribution in [0.15, 0.2) is 53.4 Å². The number of carbonyl (C=O) groups excluding carboxylic acids is 1. The van der Waals surface area contributed by atoms with Crippen molar-refractivity contribution in [2.75, 3.05) is 19.6 Å². The molecular weight excluding hydrogens is 414 g/mol. The van der Waals surface area contributed by atoms with Crippen molar-refractivity contribution in [3.8, 4) is 5.75 Å². The van der Waals surface area contributed by atoms with Gasteiger partial charge in [0.1, 0.15) is 11.9 Å². The Morgan fingerprint density at radius 3 is 2.26 bits per heavy atom. The summed E-state index contributed by atoms with van der Waals surface area (Å²) in [5.74, 6) is 0.632. The molecule has 0 aromatic heterocycles. The van der Waals surface area contributed by atoms with Crippen molar-refractivity contribution in [3.63, 3.8) is 0 Å². The van der Waals surface area contributed by atoms with Crippen LogP contribution in [-0.2, 0) is 16.4 Å². The highest BCUT2D eigenvalue weighted by molar-refractivity contribution is 7.89. The summed E-state index contributed by atoms with van der Waals surface area (Å²) in [5.41, 5.74) is 1.49. The number of ether oxygens (including phenoxy) is 1. The molecule has 8 heteroatoms. The van der Waals surface area contributed by atoms with E-state index in [-0.39, 0.29) is 16.9 Å². The number of hydrogen-bond acceptors (Lipinski definition) is 5. The Kier molecular flexibility index (Phi) is 7.69. The first-order valence-corrected chi connectivity index (χ1v) is 12.2. The Morgan fingerprint density at radius 2 is 1.71 bits per heavy atom. The van der Waals surface area contributed by atoms with Crippen LogP contribution >= 0.6 is 0 Å². The van der Waals surface area contributed by atoms with Gasteiger partial charge in [-0.2, -0.15) is 0 Å². The molecule has 1 aliphatic rings. The first kappa shape index (κ1) is 23.2. The molecule has 1 heterocycles. The average Bonchev–Trinajstić information content (AvgIpc) is 2.74. The first-order chi connectivity index (χ1) is 14.7. The van der Waals surface area contributed by atoms with Crippen LogP contribution in [0.1, 0.15) is 42.6 Å². The van der Waals surface area contributed by atoms with Gasteiger partial charge >= 0.3 is 0 Å². The molecule has 0 spiro atoms. The van der Waals surface area contributed by atoms with Gasteiger partial charge in [-0.1, -0.05) is 12.1 Å². The minimum Gasteiger partial charge on any atom is -0.490 e. The van der Waals surface area contributed by atoms with Gasteiger partial charge in [0.25, 0.3) is 5.91 Å². The van der Waals surface area contributed by atoms with Crippen molar-refractivity contribution < 1.29 is 17.9 Å². The van der Waals surface area contributed by atoms with E-state index in [1.165, 1.54) is 12.1 Å². The van der Waals surface area contributed by atoms with E-state index >= 15 is 0 Å². The molecule has 0 atom stereocenters. The molecule has 31 heavy (non-hydrogen) atoms. The fraction of sp³-hybridized carbons (Fsp3) is 0.435. The van der Waals surface area contributed by atoms with Crippen LogP contribution in [0, 0.1) is 0 Å². The third-order valence-electron chi connectivity index (χ3n) is 5.58. The second-order valence-electron chi connectivity index (χ2n) is 8.17. The number of nitrogens with zero attached hydrogens (tertiary/aromatic N) is 1. The monoisotopic (exact) mass is 445 g/mol. The largest absolute Gasteiger partial charge is 0.490 e. The highest BCUT2D eigenvalue weighted by Crippen LogP contribution is 2.20. The number of hydrogen-bond donors (Lipinski definition) is 2. The SMILES string of the molecule is CC(C)N1CCC(Oc2ccc(C(=O)NCCc3ccc(S(N)(=O)=O)cc3)cc2)CC1. The number of rotatable bonds is 8. The highest BCUT2D eigenvalue weighted by Gasteiger charge is 2.22. The summed E-state index contributed by atoms with van der Waals surface area (Å²) in [6.07, 6.45) is 2.83. The molecule has 1 fully saturated rings. The van der Waals surface area contributed by atoms with E-state index in [9.17, 15) is 13.2 Å². The number of likely N-dealkylation sites (tertiary alicyclic amines) is 1. The van der Waals surface area contributed by atoms with E-state index in [4.69, 9.17) is 9.88 Å². The van der Waals surface area contributed by atoms with Crippen LogP contribution in [0.5, 0.6) is 5.75 Å². The first-order valence-electron chi connectivity index (χ1n) is 10.6. The zero-order valence-corrected chi connectivity index (χ0v) is 18.9. The van der Waals surface area contributed by atoms with E-state index < -0.39 is 10.0 Å². The number of primary sulfonamides is 1. The van der Waals surface area contributed by atoms with Gasteiger partial charge in [0.15, 0.2) is 0 Å². The Hall–Kier alpha value is -2.42. The predicted octanol–water partition coefficient (Wildman–Crippen LogP) is 2.56. The van der Waals surface area contributed by atoms with Crippen LogP contribution in [0.4, 0.5) is 0 Å². The van der Waals surface area contributed by atoms with E-state index in [0.717, 1.165) is 37.2 Å². The maximum Gasteiger partial charge on any atom is 0.251 e. The Labute approximate surface area is 184 Å². The summed E-state index contributed by atoms with van der Waals surface area (Å²) in [5, 5.41) is 7.97. The van der Waals surface area contributed by atoms with Crippen LogP contribution < -0.4 is 15.2 Å². The van der Waals surface area contributed by atoms with Crippen LogP contribution in [0.3, 0.4) is 0 Å². The molecule has 2 aromatic rings. The second kappa shape index (κ2) is 10.3. The lowest BCUT2D eigenvalue weighted by Crippen LogP contribution is -2.41. The second-order valence-corrected chi connectivity index (χ2v) is 9.73. The summed E-state index contributed by atoms with van der Waals surface area (Å²) < 4.78 is 28.7. The lowest BCUT2D eigenvalue weighted by Gasteiger charge is -2.34. The van der Waals surface area contributed by atoms with Crippen molar-refractivity contribution in [1.29, 1.82) is 0 Å². The molecule has 1 saturated heterocycles. The van der Waals surface area contributed by atoms with Gasteiger partial charge in [-0.3, -0.25) is 4.79 Å². The Bertz CT molecular complexity index is 965. The number of carbonyl (C=O) groups is 1. The molecule has 3 N–H and O–H groups in total. The molecule has 2 aromatic carbocycles. The van der Waals surface area contributed by atoms with Gasteiger partial charge in [0.2, 0.25) is 10.0 Å². The average molecular weight is 446 g/mol. The molecule has 1 aliphatic heterocycles. The smallest absolute Gasteiger partial charge is 0.251 e. The van der Waals surface area contributed by atoms with Crippen molar-refractivity contribution in [1.82, 2.24) is 10.2 Å². The quantitative estimate of drug-likeness (QED) is 0.650. The fourth-order valence-corrected chi connectivity index (χ4v) is 4.17. The summed E-state index contributed by atoms with van der Waals surface area (Å²) in [6, 6.07) is 14.1. The summed E-state index contributed by atoms with van der Waals surface area (Å²) in [7, 11) is -3.69. The summed E-state index contributed by atoms with van der Waals surface area (Å²) in [4.78, 5) is 14.9. The van der Waals surface area contributed by atoms with Crippen LogP contribution in [0.2, 0.25) is 0 Å². The number of benzene rings is 2. The third kappa shape index (κ3) is 6.78.